The van der Waals surface area contributed by atoms with Crippen molar-refractivity contribution in [1.29, 1.82) is 0 Å². The Morgan fingerprint density at radius 3 is 2.12 bits per heavy atom. The highest BCUT2D eigenvalue weighted by atomic mass is 16.5. The van der Waals surface area contributed by atoms with Crippen LogP contribution in [0.15, 0.2) is 24.3 Å². The Balaban J connectivity index is 2.26. The molecule has 0 spiro atoms. The van der Waals surface area contributed by atoms with Crippen molar-refractivity contribution < 1.29 is 14.9 Å². The third-order valence-electron chi connectivity index (χ3n) is 3.71. The Kier molecular flexibility index (Phi) is 3.38. The number of hydrogen-bond donors (Lipinski definition) is 2. The molecule has 0 saturated carbocycles. The first-order chi connectivity index (χ1) is 8.06. The van der Waals surface area contributed by atoms with Gasteiger partial charge in [-0.05, 0) is 31.7 Å². The second kappa shape index (κ2) is 4.64. The van der Waals surface area contributed by atoms with Gasteiger partial charge in [0.05, 0.1) is 19.3 Å². The summed E-state index contributed by atoms with van der Waals surface area (Å²) in [5.74, 6) is 0.789. The highest BCUT2D eigenvalue weighted by Crippen LogP contribution is 2.35. The number of aliphatic hydroxyl groups is 2. The molecule has 2 rings (SSSR count). The standard InChI is InChI=1S/C13H19NO3/c1-8-12(15)13(16)11(14(8)2)9-4-6-10(17-3)7-5-9/h4-8,11-13,15-16H,1-3H3/t8-,11+,12+,13+/m0/s1. The van der Waals surface area contributed by atoms with Gasteiger partial charge in [0.25, 0.3) is 0 Å². The van der Waals surface area contributed by atoms with Crippen LogP contribution in [-0.2, 0) is 0 Å². The Bertz CT molecular complexity index is 365. The maximum atomic E-state index is 10.1. The van der Waals surface area contributed by atoms with Gasteiger partial charge in [-0.3, -0.25) is 4.90 Å². The summed E-state index contributed by atoms with van der Waals surface area (Å²) in [6.07, 6.45) is -1.45. The van der Waals surface area contributed by atoms with Crippen molar-refractivity contribution in [2.24, 2.45) is 0 Å². The van der Waals surface area contributed by atoms with Crippen LogP contribution < -0.4 is 4.74 Å². The molecule has 4 heteroatoms. The number of aliphatic hydroxyl groups excluding tert-OH is 2. The molecule has 0 aromatic heterocycles. The number of hydrogen-bond acceptors (Lipinski definition) is 4. The quantitative estimate of drug-likeness (QED) is 0.798. The predicted molar refractivity (Wildman–Crippen MR) is 65.0 cm³/mol. The lowest BCUT2D eigenvalue weighted by Crippen LogP contribution is -2.30. The third-order valence-corrected chi connectivity index (χ3v) is 3.71. The van der Waals surface area contributed by atoms with E-state index in [1.165, 1.54) is 0 Å². The molecule has 1 fully saturated rings. The van der Waals surface area contributed by atoms with Gasteiger partial charge in [-0.2, -0.15) is 0 Å². The van der Waals surface area contributed by atoms with E-state index in [1.54, 1.807) is 7.11 Å². The first-order valence-corrected chi connectivity index (χ1v) is 5.78. The van der Waals surface area contributed by atoms with Crippen molar-refractivity contribution in [2.75, 3.05) is 14.2 Å². The molecule has 0 unspecified atom stereocenters. The molecule has 1 aromatic rings. The Morgan fingerprint density at radius 1 is 1.12 bits per heavy atom. The maximum Gasteiger partial charge on any atom is 0.118 e. The van der Waals surface area contributed by atoms with Crippen LogP contribution in [0.1, 0.15) is 18.5 Å². The number of likely N-dealkylation sites (tertiary alicyclic amines) is 1. The molecule has 17 heavy (non-hydrogen) atoms. The number of likely N-dealkylation sites (N-methyl/N-ethyl adjacent to an activating group) is 1. The SMILES string of the molecule is COc1ccc([C@@H]2[C@@H](O)[C@H](O)[C@H](C)N2C)cc1. The van der Waals surface area contributed by atoms with Crippen LogP contribution in [0.2, 0.25) is 0 Å². The predicted octanol–water partition coefficient (Wildman–Crippen LogP) is 0.792. The number of methoxy groups -OCH3 is 1. The molecule has 0 radical (unpaired) electrons. The number of ether oxygens (including phenoxy) is 1. The molecule has 1 aromatic carbocycles. The lowest BCUT2D eigenvalue weighted by atomic mass is 10.0. The van der Waals surface area contributed by atoms with Crippen molar-refractivity contribution in [2.45, 2.75) is 31.2 Å². The molecule has 2 N–H and O–H groups in total. The van der Waals surface area contributed by atoms with Crippen LogP contribution >= 0.6 is 0 Å². The molecule has 1 aliphatic rings. The van der Waals surface area contributed by atoms with Gasteiger partial charge < -0.3 is 14.9 Å². The molecule has 4 atom stereocenters. The van der Waals surface area contributed by atoms with Crippen molar-refractivity contribution in [3.05, 3.63) is 29.8 Å². The third kappa shape index (κ3) is 2.04. The summed E-state index contributed by atoms with van der Waals surface area (Å²) < 4.78 is 5.10. The van der Waals surface area contributed by atoms with Crippen LogP contribution in [-0.4, -0.2) is 47.5 Å². The van der Waals surface area contributed by atoms with Crippen molar-refractivity contribution in [1.82, 2.24) is 4.90 Å². The normalized spacial score (nSPS) is 33.9. The fourth-order valence-corrected chi connectivity index (χ4v) is 2.44. The fourth-order valence-electron chi connectivity index (χ4n) is 2.44. The van der Waals surface area contributed by atoms with E-state index in [1.807, 2.05) is 43.1 Å². The van der Waals surface area contributed by atoms with Crippen LogP contribution in [0.25, 0.3) is 0 Å². The van der Waals surface area contributed by atoms with Gasteiger partial charge in [-0.15, -0.1) is 0 Å². The highest BCUT2D eigenvalue weighted by molar-refractivity contribution is 5.31. The smallest absolute Gasteiger partial charge is 0.118 e. The second-order valence-electron chi connectivity index (χ2n) is 4.61. The first-order valence-electron chi connectivity index (χ1n) is 5.78. The highest BCUT2D eigenvalue weighted by Gasteiger charge is 2.43. The average Bonchev–Trinajstić information content (AvgIpc) is 2.54. The van der Waals surface area contributed by atoms with Gasteiger partial charge in [-0.1, -0.05) is 12.1 Å². The summed E-state index contributed by atoms with van der Waals surface area (Å²) >= 11 is 0. The van der Waals surface area contributed by atoms with Crippen LogP contribution in [0, 0.1) is 0 Å². The van der Waals surface area contributed by atoms with Gasteiger partial charge >= 0.3 is 0 Å². The molecular formula is C13H19NO3. The molecule has 1 saturated heterocycles. The molecule has 0 amide bonds. The first kappa shape index (κ1) is 12.4. The zero-order valence-corrected chi connectivity index (χ0v) is 10.4. The van der Waals surface area contributed by atoms with Crippen LogP contribution in [0.4, 0.5) is 0 Å². The average molecular weight is 237 g/mol. The molecule has 0 bridgehead atoms. The Morgan fingerprint density at radius 2 is 1.71 bits per heavy atom. The molecule has 1 aliphatic heterocycles. The minimum absolute atomic E-state index is 0.0444. The van der Waals surface area contributed by atoms with Gasteiger partial charge in [0.1, 0.15) is 11.9 Å². The molecule has 94 valence electrons. The van der Waals surface area contributed by atoms with Crippen molar-refractivity contribution in [3.63, 3.8) is 0 Å². The number of benzene rings is 1. The van der Waals surface area contributed by atoms with Crippen LogP contribution in [0.3, 0.4) is 0 Å². The largest absolute Gasteiger partial charge is 0.497 e. The van der Waals surface area contributed by atoms with Gasteiger partial charge in [0, 0.05) is 6.04 Å². The number of nitrogens with zero attached hydrogens (tertiary/aromatic N) is 1. The van der Waals surface area contributed by atoms with E-state index in [9.17, 15) is 10.2 Å². The summed E-state index contributed by atoms with van der Waals surface area (Å²) in [5, 5.41) is 19.9. The van der Waals surface area contributed by atoms with E-state index in [0.29, 0.717) is 0 Å². The lowest BCUT2D eigenvalue weighted by Gasteiger charge is -2.24. The number of rotatable bonds is 2. The van der Waals surface area contributed by atoms with E-state index >= 15 is 0 Å². The summed E-state index contributed by atoms with van der Waals surface area (Å²) in [4.78, 5) is 2.00. The van der Waals surface area contributed by atoms with Crippen molar-refractivity contribution >= 4 is 0 Å². The molecule has 1 heterocycles. The van der Waals surface area contributed by atoms with E-state index in [4.69, 9.17) is 4.74 Å². The Labute approximate surface area is 101 Å². The van der Waals surface area contributed by atoms with Gasteiger partial charge in [-0.25, -0.2) is 0 Å². The van der Waals surface area contributed by atoms with E-state index in [0.717, 1.165) is 11.3 Å². The van der Waals surface area contributed by atoms with E-state index in [-0.39, 0.29) is 12.1 Å². The summed E-state index contributed by atoms with van der Waals surface area (Å²) in [5.41, 5.74) is 0.990. The Hall–Kier alpha value is -1.10. The molecular weight excluding hydrogens is 218 g/mol. The molecule has 4 nitrogen and oxygen atoms in total. The van der Waals surface area contributed by atoms with Crippen LogP contribution in [0.5, 0.6) is 5.75 Å². The zero-order chi connectivity index (χ0) is 12.6. The fraction of sp³-hybridized carbons (Fsp3) is 0.538. The minimum Gasteiger partial charge on any atom is -0.497 e. The lowest BCUT2D eigenvalue weighted by molar-refractivity contribution is 0.0300. The maximum absolute atomic E-state index is 10.1. The van der Waals surface area contributed by atoms with E-state index in [2.05, 4.69) is 0 Å². The summed E-state index contributed by atoms with van der Waals surface area (Å²) in [7, 11) is 3.54. The summed E-state index contributed by atoms with van der Waals surface area (Å²) in [6, 6.07) is 7.38. The minimum atomic E-state index is -0.747. The second-order valence-corrected chi connectivity index (χ2v) is 4.61. The topological polar surface area (TPSA) is 52.9 Å². The zero-order valence-electron chi connectivity index (χ0n) is 10.4. The molecule has 0 aliphatic carbocycles. The van der Waals surface area contributed by atoms with Crippen molar-refractivity contribution in [3.8, 4) is 5.75 Å². The van der Waals surface area contributed by atoms with Gasteiger partial charge in [0.2, 0.25) is 0 Å². The monoisotopic (exact) mass is 237 g/mol. The van der Waals surface area contributed by atoms with E-state index < -0.39 is 12.2 Å². The van der Waals surface area contributed by atoms with Gasteiger partial charge in [0.15, 0.2) is 0 Å². The summed E-state index contributed by atoms with van der Waals surface area (Å²) in [6.45, 7) is 1.91.